The highest BCUT2D eigenvalue weighted by atomic mass is 16.6. The van der Waals surface area contributed by atoms with Gasteiger partial charge in [-0.25, -0.2) is 0 Å². The van der Waals surface area contributed by atoms with Crippen molar-refractivity contribution in [3.8, 4) is 0 Å². The largest absolute Gasteiger partial charge is 0.463 e. The van der Waals surface area contributed by atoms with Crippen LogP contribution in [0, 0.1) is 5.41 Å². The SMILES string of the molecule is CCCCOC(C)COC(C)COC(=O)C(C)(C)C. The molecule has 0 saturated heterocycles. The van der Waals surface area contributed by atoms with Crippen LogP contribution in [-0.2, 0) is 19.0 Å². The lowest BCUT2D eigenvalue weighted by Crippen LogP contribution is -2.29. The third-order valence-electron chi connectivity index (χ3n) is 2.58. The van der Waals surface area contributed by atoms with E-state index in [1.54, 1.807) is 0 Å². The summed E-state index contributed by atoms with van der Waals surface area (Å²) in [4.78, 5) is 11.6. The molecule has 0 aliphatic rings. The minimum atomic E-state index is -0.462. The van der Waals surface area contributed by atoms with Crippen molar-refractivity contribution in [2.24, 2.45) is 5.41 Å². The number of unbranched alkanes of at least 4 members (excludes halogenated alkanes) is 1. The average Bonchev–Trinajstić information content (AvgIpc) is 2.32. The summed E-state index contributed by atoms with van der Waals surface area (Å²) in [7, 11) is 0. The number of carbonyl (C=O) groups is 1. The molecule has 0 N–H and O–H groups in total. The van der Waals surface area contributed by atoms with Gasteiger partial charge in [-0.15, -0.1) is 0 Å². The Morgan fingerprint density at radius 3 is 2.16 bits per heavy atom. The maximum absolute atomic E-state index is 11.6. The van der Waals surface area contributed by atoms with E-state index >= 15 is 0 Å². The fraction of sp³-hybridized carbons (Fsp3) is 0.933. The summed E-state index contributed by atoms with van der Waals surface area (Å²) in [6.07, 6.45) is 2.17. The molecule has 19 heavy (non-hydrogen) atoms. The van der Waals surface area contributed by atoms with E-state index in [2.05, 4.69) is 6.92 Å². The zero-order chi connectivity index (χ0) is 14.9. The Morgan fingerprint density at radius 2 is 1.63 bits per heavy atom. The standard InChI is InChI=1S/C15H30O4/c1-7-8-9-17-12(2)10-18-13(3)11-19-14(16)15(4,5)6/h12-13H,7-11H2,1-6H3. The van der Waals surface area contributed by atoms with Crippen molar-refractivity contribution in [1.29, 1.82) is 0 Å². The third-order valence-corrected chi connectivity index (χ3v) is 2.58. The molecular weight excluding hydrogens is 244 g/mol. The van der Waals surface area contributed by atoms with Crippen LogP contribution >= 0.6 is 0 Å². The second-order valence-corrected chi connectivity index (χ2v) is 6.03. The zero-order valence-electron chi connectivity index (χ0n) is 13.3. The van der Waals surface area contributed by atoms with E-state index in [4.69, 9.17) is 14.2 Å². The van der Waals surface area contributed by atoms with Gasteiger partial charge in [0.15, 0.2) is 0 Å². The van der Waals surface area contributed by atoms with Crippen LogP contribution in [0.3, 0.4) is 0 Å². The topological polar surface area (TPSA) is 44.8 Å². The van der Waals surface area contributed by atoms with Crippen LogP contribution in [0.4, 0.5) is 0 Å². The molecule has 0 amide bonds. The Kier molecular flexibility index (Phi) is 9.02. The molecule has 0 fully saturated rings. The van der Waals surface area contributed by atoms with Gasteiger partial charge >= 0.3 is 5.97 Å². The van der Waals surface area contributed by atoms with Gasteiger partial charge < -0.3 is 14.2 Å². The first-order valence-corrected chi connectivity index (χ1v) is 7.17. The fourth-order valence-electron chi connectivity index (χ4n) is 1.23. The molecule has 0 spiro atoms. The first-order valence-electron chi connectivity index (χ1n) is 7.17. The van der Waals surface area contributed by atoms with E-state index < -0.39 is 5.41 Å². The molecule has 0 rings (SSSR count). The molecule has 0 bridgehead atoms. The maximum Gasteiger partial charge on any atom is 0.311 e. The Morgan fingerprint density at radius 1 is 1.05 bits per heavy atom. The summed E-state index contributed by atoms with van der Waals surface area (Å²) >= 11 is 0. The number of carbonyl (C=O) groups excluding carboxylic acids is 1. The van der Waals surface area contributed by atoms with Crippen molar-refractivity contribution in [3.63, 3.8) is 0 Å². The van der Waals surface area contributed by atoms with Crippen LogP contribution in [0.1, 0.15) is 54.4 Å². The van der Waals surface area contributed by atoms with Gasteiger partial charge in [-0.3, -0.25) is 4.79 Å². The van der Waals surface area contributed by atoms with E-state index in [-0.39, 0.29) is 24.8 Å². The summed E-state index contributed by atoms with van der Waals surface area (Å²) in [6.45, 7) is 13.1. The zero-order valence-corrected chi connectivity index (χ0v) is 13.3. The lowest BCUT2D eigenvalue weighted by molar-refractivity contribution is -0.157. The lowest BCUT2D eigenvalue weighted by atomic mass is 9.97. The number of hydrogen-bond acceptors (Lipinski definition) is 4. The van der Waals surface area contributed by atoms with Gasteiger partial charge in [0.1, 0.15) is 6.61 Å². The summed E-state index contributed by atoms with van der Waals surface area (Å²) in [5.41, 5.74) is -0.462. The van der Waals surface area contributed by atoms with Gasteiger partial charge in [0.25, 0.3) is 0 Å². The van der Waals surface area contributed by atoms with Gasteiger partial charge in [0.05, 0.1) is 24.2 Å². The predicted molar refractivity (Wildman–Crippen MR) is 76.2 cm³/mol. The van der Waals surface area contributed by atoms with Crippen molar-refractivity contribution in [2.75, 3.05) is 19.8 Å². The van der Waals surface area contributed by atoms with Crippen LogP contribution in [0.2, 0.25) is 0 Å². The van der Waals surface area contributed by atoms with Crippen molar-refractivity contribution in [1.82, 2.24) is 0 Å². The number of rotatable bonds is 9. The van der Waals surface area contributed by atoms with Crippen LogP contribution in [0.5, 0.6) is 0 Å². The van der Waals surface area contributed by atoms with Crippen molar-refractivity contribution >= 4 is 5.97 Å². The van der Waals surface area contributed by atoms with Crippen LogP contribution in [-0.4, -0.2) is 38.0 Å². The Labute approximate surface area is 117 Å². The van der Waals surface area contributed by atoms with Gasteiger partial charge in [-0.05, 0) is 41.0 Å². The quantitative estimate of drug-likeness (QED) is 0.478. The maximum atomic E-state index is 11.6. The highest BCUT2D eigenvalue weighted by Gasteiger charge is 2.23. The molecule has 4 heteroatoms. The molecule has 0 aliphatic carbocycles. The van der Waals surface area contributed by atoms with Crippen molar-refractivity contribution < 1.29 is 19.0 Å². The summed E-state index contributed by atoms with van der Waals surface area (Å²) < 4.78 is 16.4. The second-order valence-electron chi connectivity index (χ2n) is 6.03. The lowest BCUT2D eigenvalue weighted by Gasteiger charge is -2.20. The van der Waals surface area contributed by atoms with Crippen molar-refractivity contribution in [3.05, 3.63) is 0 Å². The molecule has 0 heterocycles. The predicted octanol–water partition coefficient (Wildman–Crippen LogP) is 3.19. The van der Waals surface area contributed by atoms with Crippen LogP contribution < -0.4 is 0 Å². The average molecular weight is 274 g/mol. The van der Waals surface area contributed by atoms with E-state index in [0.29, 0.717) is 6.61 Å². The summed E-state index contributed by atoms with van der Waals surface area (Å²) in [5.74, 6) is -0.199. The van der Waals surface area contributed by atoms with Crippen LogP contribution in [0.25, 0.3) is 0 Å². The molecule has 4 nitrogen and oxygen atoms in total. The fourth-order valence-corrected chi connectivity index (χ4v) is 1.23. The van der Waals surface area contributed by atoms with Crippen LogP contribution in [0.15, 0.2) is 0 Å². The molecule has 2 atom stereocenters. The Hall–Kier alpha value is -0.610. The first-order chi connectivity index (χ1) is 8.77. The first kappa shape index (κ1) is 18.4. The molecule has 114 valence electrons. The minimum absolute atomic E-state index is 0.0762. The van der Waals surface area contributed by atoms with Gasteiger partial charge in [-0.1, -0.05) is 13.3 Å². The van der Waals surface area contributed by atoms with Crippen molar-refractivity contribution in [2.45, 2.75) is 66.6 Å². The monoisotopic (exact) mass is 274 g/mol. The molecule has 0 radical (unpaired) electrons. The molecule has 2 unspecified atom stereocenters. The van der Waals surface area contributed by atoms with Gasteiger partial charge in [-0.2, -0.15) is 0 Å². The smallest absolute Gasteiger partial charge is 0.311 e. The molecule has 0 aliphatic heterocycles. The third kappa shape index (κ3) is 9.91. The number of esters is 1. The van der Waals surface area contributed by atoms with E-state index in [0.717, 1.165) is 19.4 Å². The molecular formula is C15H30O4. The highest BCUT2D eigenvalue weighted by molar-refractivity contribution is 5.75. The molecule has 0 saturated carbocycles. The Bertz CT molecular complexity index is 245. The summed E-state index contributed by atoms with van der Waals surface area (Å²) in [5, 5.41) is 0. The second kappa shape index (κ2) is 9.32. The number of hydrogen-bond donors (Lipinski definition) is 0. The highest BCUT2D eigenvalue weighted by Crippen LogP contribution is 2.15. The van der Waals surface area contributed by atoms with E-state index in [1.165, 1.54) is 0 Å². The normalized spacial score (nSPS) is 15.1. The van der Waals surface area contributed by atoms with E-state index in [1.807, 2.05) is 34.6 Å². The molecule has 0 aromatic carbocycles. The number of ether oxygens (including phenoxy) is 3. The molecule has 0 aromatic heterocycles. The van der Waals surface area contributed by atoms with Gasteiger partial charge in [0.2, 0.25) is 0 Å². The Balaban J connectivity index is 3.69. The summed E-state index contributed by atoms with van der Waals surface area (Å²) in [6, 6.07) is 0. The molecule has 0 aromatic rings. The van der Waals surface area contributed by atoms with E-state index in [9.17, 15) is 4.79 Å². The minimum Gasteiger partial charge on any atom is -0.463 e. The van der Waals surface area contributed by atoms with Gasteiger partial charge in [0, 0.05) is 6.61 Å².